The maximum absolute atomic E-state index is 8.48. The molecular formula is C10H11ClN4O. The summed E-state index contributed by atoms with van der Waals surface area (Å²) in [5.41, 5.74) is 1.05. The van der Waals surface area contributed by atoms with Gasteiger partial charge in [-0.2, -0.15) is 0 Å². The first kappa shape index (κ1) is 10.9. The SMILES string of the molecule is ON=CC1=NCCN1Cc1ccc(Cl)nc1. The molecule has 1 aromatic rings. The van der Waals surface area contributed by atoms with Gasteiger partial charge in [0.15, 0.2) is 0 Å². The van der Waals surface area contributed by atoms with Gasteiger partial charge in [0.25, 0.3) is 0 Å². The first-order chi connectivity index (χ1) is 7.79. The van der Waals surface area contributed by atoms with Gasteiger partial charge in [0.05, 0.1) is 6.54 Å². The number of nitrogens with zero attached hydrogens (tertiary/aromatic N) is 4. The maximum atomic E-state index is 8.48. The van der Waals surface area contributed by atoms with E-state index in [9.17, 15) is 0 Å². The molecule has 16 heavy (non-hydrogen) atoms. The highest BCUT2D eigenvalue weighted by Crippen LogP contribution is 2.10. The lowest BCUT2D eigenvalue weighted by atomic mass is 10.2. The Bertz CT molecular complexity index is 415. The zero-order valence-electron chi connectivity index (χ0n) is 8.54. The van der Waals surface area contributed by atoms with Crippen molar-refractivity contribution in [3.63, 3.8) is 0 Å². The van der Waals surface area contributed by atoms with Gasteiger partial charge in [-0.25, -0.2) is 4.98 Å². The predicted molar refractivity (Wildman–Crippen MR) is 62.2 cm³/mol. The number of oxime groups is 1. The van der Waals surface area contributed by atoms with Gasteiger partial charge >= 0.3 is 0 Å². The van der Waals surface area contributed by atoms with Crippen molar-refractivity contribution in [1.29, 1.82) is 0 Å². The molecule has 0 bridgehead atoms. The topological polar surface area (TPSA) is 61.1 Å². The molecular weight excluding hydrogens is 228 g/mol. The molecule has 0 unspecified atom stereocenters. The van der Waals surface area contributed by atoms with Crippen LogP contribution in [-0.4, -0.2) is 40.2 Å². The molecule has 5 nitrogen and oxygen atoms in total. The first-order valence-corrected chi connectivity index (χ1v) is 5.24. The molecule has 0 fully saturated rings. The van der Waals surface area contributed by atoms with Crippen LogP contribution in [0.1, 0.15) is 5.56 Å². The van der Waals surface area contributed by atoms with Gasteiger partial charge in [-0.15, -0.1) is 0 Å². The predicted octanol–water partition coefficient (Wildman–Crippen LogP) is 1.41. The number of aliphatic imine (C=N–C) groups is 1. The molecule has 0 aliphatic carbocycles. The van der Waals surface area contributed by atoms with Crippen LogP contribution in [0.5, 0.6) is 0 Å². The van der Waals surface area contributed by atoms with E-state index >= 15 is 0 Å². The van der Waals surface area contributed by atoms with E-state index in [-0.39, 0.29) is 0 Å². The summed E-state index contributed by atoms with van der Waals surface area (Å²) in [6.45, 7) is 2.24. The summed E-state index contributed by atoms with van der Waals surface area (Å²) in [5, 5.41) is 12.0. The molecule has 0 saturated carbocycles. The summed E-state index contributed by atoms with van der Waals surface area (Å²) >= 11 is 5.70. The van der Waals surface area contributed by atoms with Crippen molar-refractivity contribution in [2.24, 2.45) is 10.1 Å². The van der Waals surface area contributed by atoms with E-state index in [0.29, 0.717) is 17.5 Å². The van der Waals surface area contributed by atoms with Crippen molar-refractivity contribution in [3.05, 3.63) is 29.0 Å². The molecule has 1 aromatic heterocycles. The van der Waals surface area contributed by atoms with Crippen molar-refractivity contribution in [2.75, 3.05) is 13.1 Å². The summed E-state index contributed by atoms with van der Waals surface area (Å²) in [7, 11) is 0. The van der Waals surface area contributed by atoms with Crippen LogP contribution in [0.2, 0.25) is 5.15 Å². The highest BCUT2D eigenvalue weighted by atomic mass is 35.5. The summed E-state index contributed by atoms with van der Waals surface area (Å²) in [6.07, 6.45) is 3.07. The number of hydrogen-bond acceptors (Lipinski definition) is 5. The molecule has 0 aromatic carbocycles. The fourth-order valence-electron chi connectivity index (χ4n) is 1.55. The standard InChI is InChI=1S/C10H11ClN4O/c11-9-2-1-8(5-13-9)7-15-4-3-12-10(15)6-14-16/h1-2,5-6,16H,3-4,7H2. The zero-order valence-corrected chi connectivity index (χ0v) is 9.30. The molecule has 6 heteroatoms. The van der Waals surface area contributed by atoms with E-state index < -0.39 is 0 Å². The quantitative estimate of drug-likeness (QED) is 0.375. The molecule has 1 aliphatic heterocycles. The number of amidine groups is 1. The van der Waals surface area contributed by atoms with E-state index in [2.05, 4.69) is 15.1 Å². The number of halogens is 1. The van der Waals surface area contributed by atoms with Crippen molar-refractivity contribution >= 4 is 23.7 Å². The third kappa shape index (κ3) is 2.49. The van der Waals surface area contributed by atoms with Gasteiger partial charge in [0.1, 0.15) is 17.2 Å². The van der Waals surface area contributed by atoms with Gasteiger partial charge in [-0.1, -0.05) is 22.8 Å². The number of hydrogen-bond donors (Lipinski definition) is 1. The Morgan fingerprint density at radius 1 is 1.56 bits per heavy atom. The molecule has 2 rings (SSSR count). The Hall–Kier alpha value is -1.62. The van der Waals surface area contributed by atoms with Crippen LogP contribution < -0.4 is 0 Å². The largest absolute Gasteiger partial charge is 0.411 e. The first-order valence-electron chi connectivity index (χ1n) is 4.87. The Labute approximate surface area is 98.1 Å². The molecule has 1 aliphatic rings. The van der Waals surface area contributed by atoms with Gasteiger partial charge < -0.3 is 10.1 Å². The molecule has 0 amide bonds. The van der Waals surface area contributed by atoms with Crippen LogP contribution >= 0.6 is 11.6 Å². The summed E-state index contributed by atoms with van der Waals surface area (Å²) < 4.78 is 0. The minimum Gasteiger partial charge on any atom is -0.411 e. The molecule has 0 atom stereocenters. The smallest absolute Gasteiger partial charge is 0.146 e. The van der Waals surface area contributed by atoms with Crippen LogP contribution in [0, 0.1) is 0 Å². The molecule has 84 valence electrons. The van der Waals surface area contributed by atoms with E-state index in [1.807, 2.05) is 11.0 Å². The van der Waals surface area contributed by atoms with Crippen molar-refractivity contribution in [3.8, 4) is 0 Å². The second-order valence-corrected chi connectivity index (χ2v) is 3.78. The van der Waals surface area contributed by atoms with Crippen LogP contribution in [0.3, 0.4) is 0 Å². The number of aromatic nitrogens is 1. The Kier molecular flexibility index (Phi) is 3.36. The van der Waals surface area contributed by atoms with Gasteiger partial charge in [-0.3, -0.25) is 4.99 Å². The van der Waals surface area contributed by atoms with Crippen LogP contribution in [-0.2, 0) is 6.54 Å². The van der Waals surface area contributed by atoms with Crippen LogP contribution in [0.4, 0.5) is 0 Å². The maximum Gasteiger partial charge on any atom is 0.146 e. The Balaban J connectivity index is 2.05. The average molecular weight is 239 g/mol. The van der Waals surface area contributed by atoms with Crippen LogP contribution in [0.25, 0.3) is 0 Å². The lowest BCUT2D eigenvalue weighted by Crippen LogP contribution is -2.28. The average Bonchev–Trinajstić information content (AvgIpc) is 2.70. The molecule has 0 spiro atoms. The lowest BCUT2D eigenvalue weighted by molar-refractivity contribution is 0.321. The molecule has 2 heterocycles. The van der Waals surface area contributed by atoms with Gasteiger partial charge in [0, 0.05) is 19.3 Å². The van der Waals surface area contributed by atoms with Gasteiger partial charge in [-0.05, 0) is 11.6 Å². The lowest BCUT2D eigenvalue weighted by Gasteiger charge is -2.17. The molecule has 1 N–H and O–H groups in total. The molecule has 0 radical (unpaired) electrons. The highest BCUT2D eigenvalue weighted by Gasteiger charge is 2.15. The van der Waals surface area contributed by atoms with E-state index in [1.54, 1.807) is 12.3 Å². The monoisotopic (exact) mass is 238 g/mol. The molecule has 0 saturated heterocycles. The number of rotatable bonds is 3. The van der Waals surface area contributed by atoms with E-state index in [4.69, 9.17) is 16.8 Å². The van der Waals surface area contributed by atoms with Crippen molar-refractivity contribution < 1.29 is 5.21 Å². The third-order valence-corrected chi connectivity index (χ3v) is 2.53. The summed E-state index contributed by atoms with van der Waals surface area (Å²) in [5.74, 6) is 0.692. The van der Waals surface area contributed by atoms with E-state index in [1.165, 1.54) is 6.21 Å². The highest BCUT2D eigenvalue weighted by molar-refractivity contribution is 6.29. The van der Waals surface area contributed by atoms with Gasteiger partial charge in [0.2, 0.25) is 0 Å². The van der Waals surface area contributed by atoms with E-state index in [0.717, 1.165) is 18.7 Å². The fourth-order valence-corrected chi connectivity index (χ4v) is 1.67. The van der Waals surface area contributed by atoms with Crippen molar-refractivity contribution in [1.82, 2.24) is 9.88 Å². The Morgan fingerprint density at radius 2 is 2.44 bits per heavy atom. The number of pyridine rings is 1. The van der Waals surface area contributed by atoms with Crippen molar-refractivity contribution in [2.45, 2.75) is 6.54 Å². The summed E-state index contributed by atoms with van der Waals surface area (Å²) in [6, 6.07) is 3.67. The second kappa shape index (κ2) is 4.94. The zero-order chi connectivity index (χ0) is 11.4. The Morgan fingerprint density at radius 3 is 3.12 bits per heavy atom. The fraction of sp³-hybridized carbons (Fsp3) is 0.300. The van der Waals surface area contributed by atoms with Crippen LogP contribution in [0.15, 0.2) is 28.5 Å². The normalized spacial score (nSPS) is 15.8. The summed E-state index contributed by atoms with van der Waals surface area (Å²) in [4.78, 5) is 10.2. The third-order valence-electron chi connectivity index (χ3n) is 2.30. The minimum absolute atomic E-state index is 0.482. The second-order valence-electron chi connectivity index (χ2n) is 3.40. The minimum atomic E-state index is 0.482.